The second-order valence-electron chi connectivity index (χ2n) is 4.88. The third-order valence-electron chi connectivity index (χ3n) is 3.19. The fourth-order valence-corrected chi connectivity index (χ4v) is 3.16. The Bertz CT molecular complexity index is 753. The third-order valence-corrected chi connectivity index (χ3v) is 4.83. The Balaban J connectivity index is 1.66. The van der Waals surface area contributed by atoms with E-state index in [1.807, 2.05) is 31.2 Å². The fraction of sp³-hybridized carbons (Fsp3) is 0.176. The van der Waals surface area contributed by atoms with Gasteiger partial charge in [0.1, 0.15) is 0 Å². The molecule has 0 spiro atoms. The van der Waals surface area contributed by atoms with Gasteiger partial charge < -0.3 is 4.42 Å². The molecule has 0 N–H and O–H groups in total. The Morgan fingerprint density at radius 1 is 1.05 bits per heavy atom. The molecule has 3 aromatic rings. The number of hydrogen-bond donors (Lipinski definition) is 0. The summed E-state index contributed by atoms with van der Waals surface area (Å²) in [6.45, 7) is 2.05. The van der Waals surface area contributed by atoms with Crippen LogP contribution in [0.4, 0.5) is 0 Å². The second kappa shape index (κ2) is 7.03. The van der Waals surface area contributed by atoms with E-state index in [1.165, 1.54) is 16.0 Å². The van der Waals surface area contributed by atoms with Crippen molar-refractivity contribution in [2.24, 2.45) is 0 Å². The molecule has 0 bridgehead atoms. The Labute approximate surface area is 138 Å². The molecule has 0 fully saturated rings. The lowest BCUT2D eigenvalue weighted by molar-refractivity contribution is 0.466. The van der Waals surface area contributed by atoms with Gasteiger partial charge in [0.15, 0.2) is 0 Å². The Hall–Kier alpha value is -1.72. The highest BCUT2D eigenvalue weighted by molar-refractivity contribution is 7.98. The monoisotopic (exact) mass is 328 g/mol. The predicted molar refractivity (Wildman–Crippen MR) is 92.3 cm³/mol. The SMILES string of the molecule is CSc1ccc(CSc2nnc(-c3cccc(C)c3)o2)cc1. The van der Waals surface area contributed by atoms with Gasteiger partial charge in [0, 0.05) is 16.2 Å². The van der Waals surface area contributed by atoms with Crippen molar-refractivity contribution >= 4 is 23.5 Å². The largest absolute Gasteiger partial charge is 0.411 e. The van der Waals surface area contributed by atoms with Crippen LogP contribution in [0.15, 0.2) is 63.1 Å². The third kappa shape index (κ3) is 3.72. The van der Waals surface area contributed by atoms with Gasteiger partial charge in [-0.25, -0.2) is 0 Å². The molecule has 2 aromatic carbocycles. The molecular weight excluding hydrogens is 312 g/mol. The zero-order valence-corrected chi connectivity index (χ0v) is 14.1. The lowest BCUT2D eigenvalue weighted by Gasteiger charge is -2.00. The minimum absolute atomic E-state index is 0.573. The number of hydrogen-bond acceptors (Lipinski definition) is 5. The molecule has 3 nitrogen and oxygen atoms in total. The zero-order valence-electron chi connectivity index (χ0n) is 12.4. The highest BCUT2D eigenvalue weighted by Gasteiger charge is 2.09. The molecule has 0 atom stereocenters. The summed E-state index contributed by atoms with van der Waals surface area (Å²) in [5.41, 5.74) is 3.39. The predicted octanol–water partition coefficient (Wildman–Crippen LogP) is 5.06. The van der Waals surface area contributed by atoms with E-state index in [1.54, 1.807) is 23.5 Å². The summed E-state index contributed by atoms with van der Waals surface area (Å²) >= 11 is 3.31. The van der Waals surface area contributed by atoms with Crippen LogP contribution in [0.5, 0.6) is 0 Å². The summed E-state index contributed by atoms with van der Waals surface area (Å²) in [6.07, 6.45) is 2.08. The zero-order chi connectivity index (χ0) is 15.4. The van der Waals surface area contributed by atoms with Gasteiger partial charge in [-0.1, -0.05) is 41.6 Å². The molecule has 0 saturated heterocycles. The quantitative estimate of drug-likeness (QED) is 0.612. The van der Waals surface area contributed by atoms with E-state index in [4.69, 9.17) is 4.42 Å². The molecule has 5 heteroatoms. The molecule has 0 radical (unpaired) electrons. The minimum atomic E-state index is 0.573. The number of aryl methyl sites for hydroxylation is 1. The van der Waals surface area contributed by atoms with Crippen LogP contribution in [-0.2, 0) is 5.75 Å². The van der Waals surface area contributed by atoms with Gasteiger partial charge in [-0.15, -0.1) is 22.0 Å². The van der Waals surface area contributed by atoms with Crippen molar-refractivity contribution in [2.75, 3.05) is 6.26 Å². The average molecular weight is 328 g/mol. The molecule has 1 aromatic heterocycles. The van der Waals surface area contributed by atoms with E-state index in [0.717, 1.165) is 11.3 Å². The maximum absolute atomic E-state index is 5.73. The van der Waals surface area contributed by atoms with Gasteiger partial charge in [0.2, 0.25) is 5.89 Å². The highest BCUT2D eigenvalue weighted by Crippen LogP contribution is 2.26. The van der Waals surface area contributed by atoms with E-state index in [0.29, 0.717) is 11.1 Å². The lowest BCUT2D eigenvalue weighted by Crippen LogP contribution is -1.80. The number of aromatic nitrogens is 2. The summed E-state index contributed by atoms with van der Waals surface area (Å²) in [4.78, 5) is 1.27. The molecule has 0 aliphatic heterocycles. The molecule has 0 amide bonds. The Morgan fingerprint density at radius 2 is 1.86 bits per heavy atom. The van der Waals surface area contributed by atoms with Crippen LogP contribution in [0.3, 0.4) is 0 Å². The molecular formula is C17H16N2OS2. The number of rotatable bonds is 5. The first-order valence-corrected chi connectivity index (χ1v) is 9.12. The van der Waals surface area contributed by atoms with Crippen LogP contribution in [0.1, 0.15) is 11.1 Å². The molecule has 3 rings (SSSR count). The molecule has 0 aliphatic carbocycles. The van der Waals surface area contributed by atoms with Crippen LogP contribution in [0.2, 0.25) is 0 Å². The molecule has 0 aliphatic rings. The first kappa shape index (κ1) is 15.2. The van der Waals surface area contributed by atoms with Gasteiger partial charge >= 0.3 is 0 Å². The maximum Gasteiger partial charge on any atom is 0.277 e. The van der Waals surface area contributed by atoms with E-state index in [2.05, 4.69) is 40.7 Å². The first-order valence-electron chi connectivity index (χ1n) is 6.91. The Morgan fingerprint density at radius 3 is 2.59 bits per heavy atom. The van der Waals surface area contributed by atoms with Crippen LogP contribution in [-0.4, -0.2) is 16.5 Å². The van der Waals surface area contributed by atoms with Crippen molar-refractivity contribution in [1.82, 2.24) is 10.2 Å². The molecule has 0 unspecified atom stereocenters. The van der Waals surface area contributed by atoms with Crippen LogP contribution >= 0.6 is 23.5 Å². The summed E-state index contributed by atoms with van der Waals surface area (Å²) in [5.74, 6) is 1.40. The highest BCUT2D eigenvalue weighted by atomic mass is 32.2. The lowest BCUT2D eigenvalue weighted by atomic mass is 10.1. The van der Waals surface area contributed by atoms with E-state index < -0.39 is 0 Å². The summed E-state index contributed by atoms with van der Waals surface area (Å²) < 4.78 is 5.73. The van der Waals surface area contributed by atoms with Crippen molar-refractivity contribution in [2.45, 2.75) is 22.8 Å². The van der Waals surface area contributed by atoms with E-state index in [-0.39, 0.29) is 0 Å². The standard InChI is InChI=1S/C17H16N2OS2/c1-12-4-3-5-14(10-12)16-18-19-17(20-16)22-11-13-6-8-15(21-2)9-7-13/h3-10H,11H2,1-2H3. The normalized spacial score (nSPS) is 10.8. The van der Waals surface area contributed by atoms with Crippen molar-refractivity contribution in [1.29, 1.82) is 0 Å². The van der Waals surface area contributed by atoms with Crippen molar-refractivity contribution in [3.8, 4) is 11.5 Å². The van der Waals surface area contributed by atoms with E-state index >= 15 is 0 Å². The molecule has 0 saturated carbocycles. The summed E-state index contributed by atoms with van der Waals surface area (Å²) in [6, 6.07) is 16.6. The molecule has 112 valence electrons. The summed E-state index contributed by atoms with van der Waals surface area (Å²) in [7, 11) is 0. The topological polar surface area (TPSA) is 38.9 Å². The van der Waals surface area contributed by atoms with E-state index in [9.17, 15) is 0 Å². The maximum atomic E-state index is 5.73. The fourth-order valence-electron chi connectivity index (χ4n) is 2.03. The van der Waals surface area contributed by atoms with Crippen LogP contribution in [0, 0.1) is 6.92 Å². The van der Waals surface area contributed by atoms with Gasteiger partial charge in [-0.3, -0.25) is 0 Å². The van der Waals surface area contributed by atoms with Gasteiger partial charge in [-0.05, 0) is 43.0 Å². The van der Waals surface area contributed by atoms with Gasteiger partial charge in [0.25, 0.3) is 5.22 Å². The Kier molecular flexibility index (Phi) is 4.85. The average Bonchev–Trinajstić information content (AvgIpc) is 3.02. The molecule has 1 heterocycles. The number of thioether (sulfide) groups is 2. The van der Waals surface area contributed by atoms with Crippen molar-refractivity contribution < 1.29 is 4.42 Å². The summed E-state index contributed by atoms with van der Waals surface area (Å²) in [5, 5.41) is 8.84. The minimum Gasteiger partial charge on any atom is -0.411 e. The van der Waals surface area contributed by atoms with Gasteiger partial charge in [0.05, 0.1) is 0 Å². The second-order valence-corrected chi connectivity index (χ2v) is 6.69. The number of nitrogens with zero attached hydrogens (tertiary/aromatic N) is 2. The van der Waals surface area contributed by atoms with Crippen LogP contribution in [0.25, 0.3) is 11.5 Å². The van der Waals surface area contributed by atoms with Gasteiger partial charge in [-0.2, -0.15) is 0 Å². The van der Waals surface area contributed by atoms with Crippen molar-refractivity contribution in [3.05, 3.63) is 59.7 Å². The van der Waals surface area contributed by atoms with Crippen LogP contribution < -0.4 is 0 Å². The smallest absolute Gasteiger partial charge is 0.277 e. The number of benzene rings is 2. The first-order chi connectivity index (χ1) is 10.7. The molecule has 22 heavy (non-hydrogen) atoms. The van der Waals surface area contributed by atoms with Crippen molar-refractivity contribution in [3.63, 3.8) is 0 Å².